The molecule has 134 valence electrons. The van der Waals surface area contributed by atoms with Crippen molar-refractivity contribution < 1.29 is 14.3 Å². The maximum absolute atomic E-state index is 12.7. The van der Waals surface area contributed by atoms with E-state index in [1.54, 1.807) is 19.9 Å². The number of amides is 1. The van der Waals surface area contributed by atoms with Crippen LogP contribution in [0, 0.1) is 19.8 Å². The third-order valence-electron chi connectivity index (χ3n) is 5.22. The van der Waals surface area contributed by atoms with Crippen molar-refractivity contribution in [2.75, 3.05) is 13.1 Å². The van der Waals surface area contributed by atoms with Gasteiger partial charge in [-0.1, -0.05) is 13.8 Å². The van der Waals surface area contributed by atoms with Crippen molar-refractivity contribution in [3.05, 3.63) is 39.2 Å². The standard InChI is InChI=1S/C20H25NO4/c1-11(2)20(24)21-9-7-14(8-10-21)18-13(4)17(23)15-5-6-16(22)12(3)19(15)25-18/h5-6,11,14,22H,7-10H2,1-4H3. The molecule has 1 saturated heterocycles. The van der Waals surface area contributed by atoms with Crippen molar-refractivity contribution in [1.82, 2.24) is 4.90 Å². The Morgan fingerprint density at radius 3 is 2.44 bits per heavy atom. The molecule has 0 atom stereocenters. The van der Waals surface area contributed by atoms with Crippen LogP contribution >= 0.6 is 0 Å². The van der Waals surface area contributed by atoms with Crippen molar-refractivity contribution in [3.8, 4) is 5.75 Å². The number of fused-ring (bicyclic) bond motifs is 1. The number of piperidine rings is 1. The van der Waals surface area contributed by atoms with Crippen molar-refractivity contribution in [3.63, 3.8) is 0 Å². The molecule has 3 rings (SSSR count). The smallest absolute Gasteiger partial charge is 0.225 e. The zero-order chi connectivity index (χ0) is 18.3. The van der Waals surface area contributed by atoms with Gasteiger partial charge >= 0.3 is 0 Å². The van der Waals surface area contributed by atoms with Crippen molar-refractivity contribution in [1.29, 1.82) is 0 Å². The number of carbonyl (C=O) groups is 1. The lowest BCUT2D eigenvalue weighted by Gasteiger charge is -2.33. The number of carbonyl (C=O) groups excluding carboxylic acids is 1. The zero-order valence-electron chi connectivity index (χ0n) is 15.3. The van der Waals surface area contributed by atoms with E-state index in [0.717, 1.165) is 12.8 Å². The van der Waals surface area contributed by atoms with Crippen LogP contribution in [0.1, 0.15) is 49.5 Å². The topological polar surface area (TPSA) is 70.8 Å². The molecule has 1 aromatic carbocycles. The molecule has 0 spiro atoms. The van der Waals surface area contributed by atoms with Crippen LogP contribution in [0.3, 0.4) is 0 Å². The zero-order valence-corrected chi connectivity index (χ0v) is 15.3. The van der Waals surface area contributed by atoms with Gasteiger partial charge in [-0.15, -0.1) is 0 Å². The molecule has 5 heteroatoms. The minimum Gasteiger partial charge on any atom is -0.508 e. The first-order chi connectivity index (χ1) is 11.8. The molecular weight excluding hydrogens is 318 g/mol. The number of hydrogen-bond donors (Lipinski definition) is 1. The number of phenols is 1. The monoisotopic (exact) mass is 343 g/mol. The van der Waals surface area contributed by atoms with Crippen LogP contribution in [0.25, 0.3) is 11.0 Å². The minimum absolute atomic E-state index is 0.00233. The molecule has 1 amide bonds. The fraction of sp³-hybridized carbons (Fsp3) is 0.500. The summed E-state index contributed by atoms with van der Waals surface area (Å²) in [5, 5.41) is 10.4. The Balaban J connectivity index is 1.95. The third-order valence-corrected chi connectivity index (χ3v) is 5.22. The molecule has 0 unspecified atom stereocenters. The first-order valence-corrected chi connectivity index (χ1v) is 8.86. The average molecular weight is 343 g/mol. The first kappa shape index (κ1) is 17.5. The summed E-state index contributed by atoms with van der Waals surface area (Å²) in [7, 11) is 0. The van der Waals surface area contributed by atoms with Gasteiger partial charge < -0.3 is 14.4 Å². The number of likely N-dealkylation sites (tertiary alicyclic amines) is 1. The van der Waals surface area contributed by atoms with Gasteiger partial charge in [-0.25, -0.2) is 0 Å². The highest BCUT2D eigenvalue weighted by Crippen LogP contribution is 2.33. The molecule has 25 heavy (non-hydrogen) atoms. The third kappa shape index (κ3) is 3.03. The van der Waals surface area contributed by atoms with Gasteiger partial charge in [0.1, 0.15) is 17.1 Å². The van der Waals surface area contributed by atoms with E-state index in [1.165, 1.54) is 6.07 Å². The maximum Gasteiger partial charge on any atom is 0.225 e. The van der Waals surface area contributed by atoms with E-state index in [9.17, 15) is 14.7 Å². The second kappa shape index (κ2) is 6.54. The molecule has 1 fully saturated rings. The summed E-state index contributed by atoms with van der Waals surface area (Å²) in [6, 6.07) is 3.15. The predicted octanol–water partition coefficient (Wildman–Crippen LogP) is 3.48. The summed E-state index contributed by atoms with van der Waals surface area (Å²) in [5.41, 5.74) is 1.64. The van der Waals surface area contributed by atoms with Gasteiger partial charge in [0.15, 0.2) is 5.43 Å². The molecule has 1 aromatic heterocycles. The van der Waals surface area contributed by atoms with Crippen LogP contribution in [0.2, 0.25) is 0 Å². The second-order valence-corrected chi connectivity index (χ2v) is 7.26. The fourth-order valence-corrected chi connectivity index (χ4v) is 3.61. The van der Waals surface area contributed by atoms with E-state index in [0.29, 0.717) is 40.9 Å². The van der Waals surface area contributed by atoms with Crippen LogP contribution in [0.5, 0.6) is 5.75 Å². The Hall–Kier alpha value is -2.30. The van der Waals surface area contributed by atoms with Crippen LogP contribution in [0.4, 0.5) is 0 Å². The Morgan fingerprint density at radius 2 is 1.84 bits per heavy atom. The molecule has 1 aliphatic heterocycles. The van der Waals surface area contributed by atoms with E-state index in [-0.39, 0.29) is 28.9 Å². The van der Waals surface area contributed by atoms with Gasteiger partial charge in [0.25, 0.3) is 0 Å². The van der Waals surface area contributed by atoms with Crippen molar-refractivity contribution in [2.24, 2.45) is 5.92 Å². The summed E-state index contributed by atoms with van der Waals surface area (Å²) in [4.78, 5) is 26.8. The number of aromatic hydroxyl groups is 1. The molecule has 0 saturated carbocycles. The number of nitrogens with zero attached hydrogens (tertiary/aromatic N) is 1. The first-order valence-electron chi connectivity index (χ1n) is 8.86. The van der Waals surface area contributed by atoms with E-state index >= 15 is 0 Å². The number of rotatable bonds is 2. The summed E-state index contributed by atoms with van der Waals surface area (Å²) in [6.07, 6.45) is 1.57. The molecule has 1 aliphatic rings. The Bertz CT molecular complexity index is 873. The molecule has 2 heterocycles. The van der Waals surface area contributed by atoms with E-state index in [2.05, 4.69) is 0 Å². The van der Waals surface area contributed by atoms with Gasteiger partial charge in [0.05, 0.1) is 5.39 Å². The average Bonchev–Trinajstić information content (AvgIpc) is 2.60. The molecule has 0 bridgehead atoms. The quantitative estimate of drug-likeness (QED) is 0.906. The van der Waals surface area contributed by atoms with Crippen LogP contribution in [-0.4, -0.2) is 29.0 Å². The lowest BCUT2D eigenvalue weighted by Crippen LogP contribution is -2.40. The molecule has 5 nitrogen and oxygen atoms in total. The lowest BCUT2D eigenvalue weighted by atomic mass is 9.90. The largest absolute Gasteiger partial charge is 0.508 e. The summed E-state index contributed by atoms with van der Waals surface area (Å²) >= 11 is 0. The SMILES string of the molecule is Cc1c(C2CCN(C(=O)C(C)C)CC2)oc2c(C)c(O)ccc2c1=O. The number of benzene rings is 1. The summed E-state index contributed by atoms with van der Waals surface area (Å²) < 4.78 is 6.10. The number of phenolic OH excluding ortho intramolecular Hbond substituents is 1. The van der Waals surface area contributed by atoms with Crippen LogP contribution in [-0.2, 0) is 4.79 Å². The highest BCUT2D eigenvalue weighted by Gasteiger charge is 2.28. The van der Waals surface area contributed by atoms with Gasteiger partial charge in [-0.05, 0) is 38.8 Å². The molecule has 0 aliphatic carbocycles. The van der Waals surface area contributed by atoms with Crippen molar-refractivity contribution >= 4 is 16.9 Å². The van der Waals surface area contributed by atoms with Crippen LogP contribution in [0.15, 0.2) is 21.3 Å². The van der Waals surface area contributed by atoms with Gasteiger partial charge in [-0.2, -0.15) is 0 Å². The molecule has 2 aromatic rings. The number of hydrogen-bond acceptors (Lipinski definition) is 4. The van der Waals surface area contributed by atoms with Gasteiger partial charge in [0, 0.05) is 36.1 Å². The van der Waals surface area contributed by atoms with E-state index in [1.807, 2.05) is 18.7 Å². The van der Waals surface area contributed by atoms with Gasteiger partial charge in [-0.3, -0.25) is 9.59 Å². The maximum atomic E-state index is 12.7. The molecule has 1 N–H and O–H groups in total. The Kier molecular flexibility index (Phi) is 4.58. The van der Waals surface area contributed by atoms with E-state index in [4.69, 9.17) is 4.42 Å². The minimum atomic E-state index is -0.0416. The Labute approximate surface area is 147 Å². The normalized spacial score (nSPS) is 16.0. The molecular formula is C20H25NO4. The van der Waals surface area contributed by atoms with Gasteiger partial charge in [0.2, 0.25) is 5.91 Å². The van der Waals surface area contributed by atoms with Crippen molar-refractivity contribution in [2.45, 2.75) is 46.5 Å². The fourth-order valence-electron chi connectivity index (χ4n) is 3.61. The van der Waals surface area contributed by atoms with E-state index < -0.39 is 0 Å². The summed E-state index contributed by atoms with van der Waals surface area (Å²) in [6.45, 7) is 8.74. The highest BCUT2D eigenvalue weighted by atomic mass is 16.3. The van der Waals surface area contributed by atoms with Crippen LogP contribution < -0.4 is 5.43 Å². The summed E-state index contributed by atoms with van der Waals surface area (Å²) in [5.74, 6) is 1.12. The number of aryl methyl sites for hydroxylation is 1. The Morgan fingerprint density at radius 1 is 1.20 bits per heavy atom. The second-order valence-electron chi connectivity index (χ2n) is 7.26. The molecule has 0 radical (unpaired) electrons. The lowest BCUT2D eigenvalue weighted by molar-refractivity contribution is -0.135. The predicted molar refractivity (Wildman–Crippen MR) is 97.0 cm³/mol. The highest BCUT2D eigenvalue weighted by molar-refractivity contribution is 5.82.